The van der Waals surface area contributed by atoms with Crippen molar-refractivity contribution in [3.05, 3.63) is 133 Å². The molecule has 0 radical (unpaired) electrons. The minimum absolute atomic E-state index is 0.757. The van der Waals surface area contributed by atoms with Crippen molar-refractivity contribution in [2.24, 2.45) is 0 Å². The van der Waals surface area contributed by atoms with E-state index in [0.717, 1.165) is 34.1 Å². The van der Waals surface area contributed by atoms with Gasteiger partial charge < -0.3 is 16.0 Å². The Hall–Kier alpha value is -4.50. The molecule has 0 heterocycles. The summed E-state index contributed by atoms with van der Waals surface area (Å²) in [6, 6.07) is 45.7. The van der Waals surface area contributed by atoms with Crippen molar-refractivity contribution in [2.45, 2.75) is 0 Å². The lowest BCUT2D eigenvalue weighted by molar-refractivity contribution is 1.28. The summed E-state index contributed by atoms with van der Waals surface area (Å²) in [6.45, 7) is 0. The topological polar surface area (TPSA) is 41.3 Å². The van der Waals surface area contributed by atoms with E-state index in [1.165, 1.54) is 11.1 Å². The smallest absolute Gasteiger partial charge is 0.0463 e. The Morgan fingerprint density at radius 2 is 0.848 bits per heavy atom. The monoisotopic (exact) mass is 427 g/mol. The predicted octanol–water partition coefficient (Wildman–Crippen LogP) is 8.15. The molecule has 0 saturated carbocycles. The maximum absolute atomic E-state index is 5.92. The third kappa shape index (κ3) is 4.73. The van der Waals surface area contributed by atoms with Gasteiger partial charge in [-0.1, -0.05) is 60.7 Å². The first-order chi connectivity index (χ1) is 16.3. The molecule has 5 aromatic carbocycles. The van der Waals surface area contributed by atoms with Crippen LogP contribution in [0.5, 0.6) is 0 Å². The number of nitrogens with two attached hydrogens (primary N) is 1. The highest BCUT2D eigenvalue weighted by Gasteiger charge is 2.12. The normalized spacial score (nSPS) is 10.5. The first-order valence-corrected chi connectivity index (χ1v) is 11.0. The van der Waals surface area contributed by atoms with Gasteiger partial charge in [-0.25, -0.2) is 0 Å². The highest BCUT2D eigenvalue weighted by Crippen LogP contribution is 2.35. The number of hydrogen-bond donors (Lipinski definition) is 2. The van der Waals surface area contributed by atoms with Crippen molar-refractivity contribution in [2.75, 3.05) is 16.0 Å². The number of rotatable bonds is 6. The van der Waals surface area contributed by atoms with Gasteiger partial charge in [0.1, 0.15) is 0 Å². The molecule has 0 spiro atoms. The molecule has 5 aromatic rings. The van der Waals surface area contributed by atoms with Crippen molar-refractivity contribution in [1.29, 1.82) is 0 Å². The van der Waals surface area contributed by atoms with Crippen LogP contribution in [0.2, 0.25) is 0 Å². The van der Waals surface area contributed by atoms with Crippen molar-refractivity contribution >= 4 is 34.1 Å². The van der Waals surface area contributed by atoms with Crippen LogP contribution in [0.25, 0.3) is 11.1 Å². The highest BCUT2D eigenvalue weighted by molar-refractivity contribution is 5.79. The van der Waals surface area contributed by atoms with E-state index in [0.29, 0.717) is 0 Å². The van der Waals surface area contributed by atoms with Gasteiger partial charge in [-0.2, -0.15) is 0 Å². The van der Waals surface area contributed by atoms with Gasteiger partial charge in [-0.05, 0) is 83.9 Å². The van der Waals surface area contributed by atoms with Gasteiger partial charge in [-0.3, -0.25) is 0 Å². The van der Waals surface area contributed by atoms with Gasteiger partial charge in [0.15, 0.2) is 0 Å². The van der Waals surface area contributed by atoms with Gasteiger partial charge in [0.2, 0.25) is 0 Å². The summed E-state index contributed by atoms with van der Waals surface area (Å²) in [5, 5.41) is 3.43. The third-order valence-electron chi connectivity index (χ3n) is 5.57. The van der Waals surface area contributed by atoms with Crippen LogP contribution in [0, 0.1) is 0 Å². The summed E-state index contributed by atoms with van der Waals surface area (Å²) in [7, 11) is 0. The van der Waals surface area contributed by atoms with E-state index in [2.05, 4.69) is 107 Å². The van der Waals surface area contributed by atoms with E-state index in [1.54, 1.807) is 0 Å². The first kappa shape index (κ1) is 20.4. The Bertz CT molecular complexity index is 1300. The molecule has 0 aliphatic rings. The summed E-state index contributed by atoms with van der Waals surface area (Å²) in [5.41, 5.74) is 14.4. The van der Waals surface area contributed by atoms with E-state index in [-0.39, 0.29) is 0 Å². The third-order valence-corrected chi connectivity index (χ3v) is 5.57. The molecule has 33 heavy (non-hydrogen) atoms. The van der Waals surface area contributed by atoms with Gasteiger partial charge in [0.25, 0.3) is 0 Å². The second-order valence-corrected chi connectivity index (χ2v) is 7.88. The van der Waals surface area contributed by atoms with E-state index in [9.17, 15) is 0 Å². The SMILES string of the molecule is Nc1ccc(N(c2ccccc2)c2ccc(-c3ccc(Nc4ccccc4)cc3)cc2)cc1. The first-order valence-electron chi connectivity index (χ1n) is 11.0. The number of nitrogen functional groups attached to an aromatic ring is 1. The van der Waals surface area contributed by atoms with Gasteiger partial charge in [0, 0.05) is 34.1 Å². The highest BCUT2D eigenvalue weighted by atomic mass is 15.1. The van der Waals surface area contributed by atoms with Gasteiger partial charge in [0.05, 0.1) is 0 Å². The van der Waals surface area contributed by atoms with Crippen molar-refractivity contribution in [3.63, 3.8) is 0 Å². The predicted molar refractivity (Wildman–Crippen MR) is 141 cm³/mol. The van der Waals surface area contributed by atoms with Crippen LogP contribution in [0.3, 0.4) is 0 Å². The Labute approximate surface area is 194 Å². The van der Waals surface area contributed by atoms with Crippen molar-refractivity contribution in [3.8, 4) is 11.1 Å². The molecular weight excluding hydrogens is 402 g/mol. The van der Waals surface area contributed by atoms with Crippen LogP contribution >= 0.6 is 0 Å². The van der Waals surface area contributed by atoms with Crippen LogP contribution in [0.1, 0.15) is 0 Å². The summed E-state index contributed by atoms with van der Waals surface area (Å²) in [4.78, 5) is 2.23. The number of anilines is 6. The number of nitrogens with one attached hydrogen (secondary N) is 1. The number of hydrogen-bond acceptors (Lipinski definition) is 3. The number of benzene rings is 5. The molecule has 3 heteroatoms. The Morgan fingerprint density at radius 3 is 1.42 bits per heavy atom. The molecule has 0 atom stereocenters. The fraction of sp³-hybridized carbons (Fsp3) is 0. The molecule has 160 valence electrons. The zero-order chi connectivity index (χ0) is 22.5. The lowest BCUT2D eigenvalue weighted by atomic mass is 10.0. The minimum Gasteiger partial charge on any atom is -0.399 e. The molecular formula is C30H25N3. The summed E-state index contributed by atoms with van der Waals surface area (Å²) < 4.78 is 0. The molecule has 0 amide bonds. The molecule has 3 nitrogen and oxygen atoms in total. The molecule has 0 aliphatic heterocycles. The summed E-state index contributed by atoms with van der Waals surface area (Å²) in [5.74, 6) is 0. The van der Waals surface area contributed by atoms with Gasteiger partial charge >= 0.3 is 0 Å². The quantitative estimate of drug-likeness (QED) is 0.269. The Morgan fingerprint density at radius 1 is 0.424 bits per heavy atom. The average Bonchev–Trinajstić information content (AvgIpc) is 2.88. The fourth-order valence-electron chi connectivity index (χ4n) is 3.88. The second-order valence-electron chi connectivity index (χ2n) is 7.88. The number of para-hydroxylation sites is 2. The lowest BCUT2D eigenvalue weighted by Crippen LogP contribution is -2.09. The average molecular weight is 428 g/mol. The lowest BCUT2D eigenvalue weighted by Gasteiger charge is -2.25. The van der Waals surface area contributed by atoms with Crippen LogP contribution in [-0.2, 0) is 0 Å². The zero-order valence-corrected chi connectivity index (χ0v) is 18.2. The minimum atomic E-state index is 0.757. The molecule has 0 bridgehead atoms. The molecule has 0 unspecified atom stereocenters. The van der Waals surface area contributed by atoms with Crippen molar-refractivity contribution in [1.82, 2.24) is 0 Å². The molecule has 5 rings (SSSR count). The maximum atomic E-state index is 5.92. The Kier molecular flexibility index (Phi) is 5.77. The standard InChI is InChI=1S/C30H25N3/c31-25-15-21-30(22-16-25)33(28-9-5-2-6-10-28)29-19-13-24(14-20-29)23-11-17-27(18-12-23)32-26-7-3-1-4-8-26/h1-22,32H,31H2. The Balaban J connectivity index is 1.41. The van der Waals surface area contributed by atoms with Crippen LogP contribution in [0.15, 0.2) is 133 Å². The summed E-state index contributed by atoms with van der Waals surface area (Å²) >= 11 is 0. The van der Waals surface area contributed by atoms with Crippen LogP contribution in [0.4, 0.5) is 34.1 Å². The zero-order valence-electron chi connectivity index (χ0n) is 18.2. The number of nitrogens with zero attached hydrogens (tertiary/aromatic N) is 1. The van der Waals surface area contributed by atoms with Gasteiger partial charge in [-0.15, -0.1) is 0 Å². The summed E-state index contributed by atoms with van der Waals surface area (Å²) in [6.07, 6.45) is 0. The van der Waals surface area contributed by atoms with Crippen LogP contribution in [-0.4, -0.2) is 0 Å². The maximum Gasteiger partial charge on any atom is 0.0463 e. The van der Waals surface area contributed by atoms with Crippen LogP contribution < -0.4 is 16.0 Å². The van der Waals surface area contributed by atoms with Crippen molar-refractivity contribution < 1.29 is 0 Å². The van der Waals surface area contributed by atoms with E-state index in [1.807, 2.05) is 36.4 Å². The molecule has 0 fully saturated rings. The second kappa shape index (κ2) is 9.33. The largest absolute Gasteiger partial charge is 0.399 e. The van der Waals surface area contributed by atoms with E-state index < -0.39 is 0 Å². The molecule has 0 aromatic heterocycles. The molecule has 0 saturated heterocycles. The van der Waals surface area contributed by atoms with E-state index in [4.69, 9.17) is 5.73 Å². The molecule has 0 aliphatic carbocycles. The molecule has 3 N–H and O–H groups in total. The fourth-order valence-corrected chi connectivity index (χ4v) is 3.88. The van der Waals surface area contributed by atoms with E-state index >= 15 is 0 Å².